The van der Waals surface area contributed by atoms with Gasteiger partial charge >= 0.3 is 0 Å². The molecule has 2 aliphatic heterocycles. The minimum atomic E-state index is -0.880. The Labute approximate surface area is 183 Å². The van der Waals surface area contributed by atoms with Crippen LogP contribution in [-0.4, -0.2) is 39.3 Å². The van der Waals surface area contributed by atoms with Gasteiger partial charge in [-0.15, -0.1) is 11.3 Å². The van der Waals surface area contributed by atoms with Crippen molar-refractivity contribution in [1.29, 1.82) is 0 Å². The van der Waals surface area contributed by atoms with Gasteiger partial charge in [-0.25, -0.2) is 0 Å². The molecular weight excluding hydrogens is 410 g/mol. The fourth-order valence-electron chi connectivity index (χ4n) is 5.04. The van der Waals surface area contributed by atoms with Crippen molar-refractivity contribution < 1.29 is 14.0 Å². The fraction of sp³-hybridized carbons (Fsp3) is 0.250. The second-order valence-corrected chi connectivity index (χ2v) is 9.26. The van der Waals surface area contributed by atoms with Gasteiger partial charge in [0, 0.05) is 18.5 Å². The quantitative estimate of drug-likeness (QED) is 0.473. The van der Waals surface area contributed by atoms with E-state index in [1.54, 1.807) is 17.6 Å². The Morgan fingerprint density at radius 2 is 1.90 bits per heavy atom. The van der Waals surface area contributed by atoms with Gasteiger partial charge in [0.05, 0.1) is 18.4 Å². The van der Waals surface area contributed by atoms with E-state index in [0.29, 0.717) is 30.9 Å². The minimum Gasteiger partial charge on any atom is -0.471 e. The average molecular weight is 432 g/mol. The van der Waals surface area contributed by atoms with Crippen LogP contribution in [0.2, 0.25) is 0 Å². The van der Waals surface area contributed by atoms with Crippen LogP contribution in [0.1, 0.15) is 37.5 Å². The van der Waals surface area contributed by atoms with Gasteiger partial charge in [-0.05, 0) is 42.5 Å². The maximum Gasteiger partial charge on any atom is 0.272 e. The van der Waals surface area contributed by atoms with Crippen molar-refractivity contribution in [3.8, 4) is 0 Å². The van der Waals surface area contributed by atoms with E-state index >= 15 is 0 Å². The maximum absolute atomic E-state index is 13.7. The van der Waals surface area contributed by atoms with E-state index in [9.17, 15) is 9.59 Å². The normalized spacial score (nSPS) is 20.4. The van der Waals surface area contributed by atoms with Gasteiger partial charge in [-0.3, -0.25) is 9.59 Å². The summed E-state index contributed by atoms with van der Waals surface area (Å²) in [6, 6.07) is 12.2. The Balaban J connectivity index is 1.59. The highest BCUT2D eigenvalue weighted by molar-refractivity contribution is 7.16. The third kappa shape index (κ3) is 2.38. The summed E-state index contributed by atoms with van der Waals surface area (Å²) < 4.78 is 7.39. The van der Waals surface area contributed by atoms with Gasteiger partial charge in [0.15, 0.2) is 5.66 Å². The molecule has 1 unspecified atom stereocenters. The molecule has 1 aromatic carbocycles. The molecule has 1 fully saturated rings. The molecule has 31 heavy (non-hydrogen) atoms. The number of fused-ring (bicyclic) bond motifs is 4. The van der Waals surface area contributed by atoms with E-state index in [2.05, 4.69) is 4.57 Å². The number of furan rings is 1. The summed E-state index contributed by atoms with van der Waals surface area (Å²) in [6.45, 7) is 5.38. The van der Waals surface area contributed by atoms with Crippen molar-refractivity contribution in [3.05, 3.63) is 82.3 Å². The number of benzene rings is 1. The lowest BCUT2D eigenvalue weighted by Gasteiger charge is -2.47. The number of amides is 2. The van der Waals surface area contributed by atoms with Gasteiger partial charge in [0.1, 0.15) is 16.8 Å². The molecule has 7 heteroatoms. The van der Waals surface area contributed by atoms with Crippen LogP contribution in [0.5, 0.6) is 0 Å². The molecule has 2 amide bonds. The Morgan fingerprint density at radius 3 is 2.65 bits per heavy atom. The molecule has 5 heterocycles. The first-order chi connectivity index (χ1) is 15.0. The molecule has 0 spiro atoms. The van der Waals surface area contributed by atoms with Crippen LogP contribution < -0.4 is 0 Å². The van der Waals surface area contributed by atoms with Crippen LogP contribution in [0.3, 0.4) is 0 Å². The fourth-order valence-corrected chi connectivity index (χ4v) is 5.94. The zero-order valence-corrected chi connectivity index (χ0v) is 18.1. The Bertz CT molecular complexity index is 1350. The Kier molecular flexibility index (Phi) is 3.77. The molecule has 1 saturated heterocycles. The van der Waals surface area contributed by atoms with E-state index < -0.39 is 5.66 Å². The van der Waals surface area contributed by atoms with E-state index in [-0.39, 0.29) is 11.8 Å². The third-order valence-corrected chi connectivity index (χ3v) is 7.58. The Morgan fingerprint density at radius 1 is 1.10 bits per heavy atom. The highest BCUT2D eigenvalue weighted by Gasteiger charge is 2.56. The number of hydrogen-bond acceptors (Lipinski definition) is 4. The monoisotopic (exact) mass is 431 g/mol. The van der Waals surface area contributed by atoms with Gasteiger partial charge < -0.3 is 18.8 Å². The van der Waals surface area contributed by atoms with Crippen LogP contribution in [0, 0.1) is 13.8 Å². The van der Waals surface area contributed by atoms with Crippen LogP contribution in [0.4, 0.5) is 0 Å². The number of carbonyl (C=O) groups is 2. The van der Waals surface area contributed by atoms with E-state index in [1.165, 1.54) is 6.26 Å². The molecule has 6 rings (SSSR count). The first-order valence-electron chi connectivity index (χ1n) is 10.3. The van der Waals surface area contributed by atoms with Gasteiger partial charge in [-0.1, -0.05) is 29.8 Å². The highest BCUT2D eigenvalue weighted by atomic mass is 32.1. The summed E-state index contributed by atoms with van der Waals surface area (Å²) in [7, 11) is 0. The zero-order valence-electron chi connectivity index (χ0n) is 17.3. The standard InChI is InChI=1S/C24H21N3O3S/c1-15-3-5-18(6-4-15)24-14-25-20(11-17-7-10-31-23(17)25)22(29)27(24)9-8-26(24)21(28)19-13-30-12-16(19)2/h3-7,10-13H,8-9,14H2,1-2H3. The molecule has 0 bridgehead atoms. The lowest BCUT2D eigenvalue weighted by Crippen LogP contribution is -2.60. The minimum absolute atomic E-state index is 0.0329. The lowest BCUT2D eigenvalue weighted by atomic mass is 9.93. The first-order valence-corrected chi connectivity index (χ1v) is 11.2. The van der Waals surface area contributed by atoms with Gasteiger partial charge in [0.2, 0.25) is 0 Å². The molecular formula is C24H21N3O3S. The predicted molar refractivity (Wildman–Crippen MR) is 118 cm³/mol. The molecule has 3 aromatic heterocycles. The van der Waals surface area contributed by atoms with Crippen LogP contribution >= 0.6 is 11.3 Å². The highest BCUT2D eigenvalue weighted by Crippen LogP contribution is 2.45. The second-order valence-electron chi connectivity index (χ2n) is 8.36. The molecule has 4 aromatic rings. The molecule has 0 saturated carbocycles. The average Bonchev–Trinajstić information content (AvgIpc) is 3.52. The van der Waals surface area contributed by atoms with Crippen LogP contribution in [0.15, 0.2) is 58.7 Å². The summed E-state index contributed by atoms with van der Waals surface area (Å²) in [6.07, 6.45) is 3.09. The van der Waals surface area contributed by atoms with Crippen LogP contribution in [-0.2, 0) is 12.2 Å². The second kappa shape index (κ2) is 6.34. The molecule has 2 aliphatic rings. The number of rotatable bonds is 2. The van der Waals surface area contributed by atoms with Gasteiger partial charge in [-0.2, -0.15) is 0 Å². The summed E-state index contributed by atoms with van der Waals surface area (Å²) in [4.78, 5) is 32.2. The molecule has 6 nitrogen and oxygen atoms in total. The zero-order chi connectivity index (χ0) is 21.3. The first kappa shape index (κ1) is 18.4. The predicted octanol–water partition coefficient (Wildman–Crippen LogP) is 4.38. The summed E-state index contributed by atoms with van der Waals surface area (Å²) in [5.74, 6) is -0.144. The van der Waals surface area contributed by atoms with E-state index in [4.69, 9.17) is 4.42 Å². The SMILES string of the molecule is Cc1ccc(C23Cn4c(cc5ccsc54)C(=O)N2CCN3C(=O)c2cocc2C)cc1. The molecule has 156 valence electrons. The summed E-state index contributed by atoms with van der Waals surface area (Å²) in [5.41, 5.74) is 3.24. The number of aryl methyl sites for hydroxylation is 2. The number of hydrogen-bond donors (Lipinski definition) is 0. The largest absolute Gasteiger partial charge is 0.471 e. The lowest BCUT2D eigenvalue weighted by molar-refractivity contribution is -0.00510. The van der Waals surface area contributed by atoms with Crippen LogP contribution in [0.25, 0.3) is 10.2 Å². The summed E-state index contributed by atoms with van der Waals surface area (Å²) in [5, 5.41) is 3.11. The third-order valence-electron chi connectivity index (χ3n) is 6.63. The van der Waals surface area contributed by atoms with E-state index in [1.807, 2.05) is 65.4 Å². The topological polar surface area (TPSA) is 58.7 Å². The molecule has 0 aliphatic carbocycles. The van der Waals surface area contributed by atoms with Crippen molar-refractivity contribution in [2.24, 2.45) is 0 Å². The van der Waals surface area contributed by atoms with E-state index in [0.717, 1.165) is 26.9 Å². The van der Waals surface area contributed by atoms with Crippen molar-refractivity contribution in [3.63, 3.8) is 0 Å². The molecule has 1 atom stereocenters. The Hall–Kier alpha value is -3.32. The van der Waals surface area contributed by atoms with Crippen molar-refractivity contribution in [2.45, 2.75) is 26.1 Å². The summed E-state index contributed by atoms with van der Waals surface area (Å²) >= 11 is 1.62. The van der Waals surface area contributed by atoms with Crippen molar-refractivity contribution >= 4 is 33.4 Å². The number of thiophene rings is 1. The van der Waals surface area contributed by atoms with Crippen molar-refractivity contribution in [1.82, 2.24) is 14.4 Å². The van der Waals surface area contributed by atoms with Gasteiger partial charge in [0.25, 0.3) is 11.8 Å². The van der Waals surface area contributed by atoms with Crippen molar-refractivity contribution in [2.75, 3.05) is 13.1 Å². The number of carbonyl (C=O) groups excluding carboxylic acids is 2. The number of nitrogens with zero attached hydrogens (tertiary/aromatic N) is 3. The molecule has 0 radical (unpaired) electrons. The number of aromatic nitrogens is 1. The maximum atomic E-state index is 13.7. The smallest absolute Gasteiger partial charge is 0.272 e. The molecule has 0 N–H and O–H groups in total.